The van der Waals surface area contributed by atoms with Crippen molar-refractivity contribution < 1.29 is 30.0 Å². The molecule has 1 nitrogen and oxygen atoms in total. The molecule has 0 aromatic heterocycles. The van der Waals surface area contributed by atoms with Gasteiger partial charge >= 0.3 is 33.0 Å². The molecule has 0 saturated heterocycles. The Morgan fingerprint density at radius 3 is 1.45 bits per heavy atom. The van der Waals surface area contributed by atoms with Crippen LogP contribution in [0.15, 0.2) is 78.9 Å². The molecule has 0 radical (unpaired) electrons. The van der Waals surface area contributed by atoms with Crippen molar-refractivity contribution in [2.24, 2.45) is 0 Å². The van der Waals surface area contributed by atoms with Crippen LogP contribution in [0.1, 0.15) is 137 Å². The summed E-state index contributed by atoms with van der Waals surface area (Å²) in [5, 5.41) is 7.92. The van der Waals surface area contributed by atoms with Crippen molar-refractivity contribution in [1.82, 2.24) is 0 Å². The van der Waals surface area contributed by atoms with Crippen LogP contribution in [-0.4, -0.2) is 11.5 Å². The SMILES string of the molecule is CCCCCCCCCCCCCCCCCC(c1cc2ccc3cccc4ccc(c1)c2c34)c1ccccc1C(=O)C[SH2+].F[P-](F)(F)(F)(F)F. The van der Waals surface area contributed by atoms with Gasteiger partial charge in [-0.25, -0.2) is 0 Å². The number of Topliss-reactive ketones (excluding diaryl/α,β-unsaturated/α-hetero) is 1. The van der Waals surface area contributed by atoms with Crippen LogP contribution >= 0.6 is 7.81 Å². The van der Waals surface area contributed by atoms with Gasteiger partial charge in [0.05, 0.1) is 0 Å². The van der Waals surface area contributed by atoms with Gasteiger partial charge in [-0.05, 0) is 62.5 Å². The molecule has 0 aliphatic heterocycles. The molecule has 280 valence electrons. The average Bonchev–Trinajstić information content (AvgIpc) is 3.08. The minimum atomic E-state index is -10.7. The number of ketones is 1. The molecule has 51 heavy (non-hydrogen) atoms. The van der Waals surface area contributed by atoms with Crippen LogP contribution in [0.2, 0.25) is 0 Å². The second-order valence-electron chi connectivity index (χ2n) is 14.0. The predicted octanol–water partition coefficient (Wildman–Crippen LogP) is 15.6. The molecule has 0 aliphatic carbocycles. The van der Waals surface area contributed by atoms with Crippen LogP contribution in [0.5, 0.6) is 0 Å². The summed E-state index contributed by atoms with van der Waals surface area (Å²) >= 11 is 3.49. The van der Waals surface area contributed by atoms with E-state index in [1.807, 2.05) is 12.1 Å². The summed E-state index contributed by atoms with van der Waals surface area (Å²) in [5.41, 5.74) is 3.36. The van der Waals surface area contributed by atoms with Crippen LogP contribution in [0, 0.1) is 0 Å². The number of rotatable bonds is 20. The van der Waals surface area contributed by atoms with Gasteiger partial charge in [-0.1, -0.05) is 182 Å². The van der Waals surface area contributed by atoms with Gasteiger partial charge in [-0.3, -0.25) is 4.79 Å². The Morgan fingerprint density at radius 1 is 0.569 bits per heavy atom. The second-order valence-corrected chi connectivity index (χ2v) is 16.3. The van der Waals surface area contributed by atoms with Gasteiger partial charge in [-0.2, -0.15) is 0 Å². The van der Waals surface area contributed by atoms with Crippen molar-refractivity contribution in [3.05, 3.63) is 95.6 Å². The van der Waals surface area contributed by atoms with Gasteiger partial charge in [0, 0.05) is 11.5 Å². The van der Waals surface area contributed by atoms with E-state index < -0.39 is 7.81 Å². The first-order chi connectivity index (χ1) is 24.2. The molecule has 0 fully saturated rings. The number of hydrogen-bond donors (Lipinski definition) is 0. The molecule has 0 spiro atoms. The third-order valence-electron chi connectivity index (χ3n) is 9.78. The van der Waals surface area contributed by atoms with Crippen LogP contribution < -0.4 is 0 Å². The molecule has 0 saturated carbocycles. The molecule has 0 bridgehead atoms. The molecular weight excluding hydrogens is 697 g/mol. The first-order valence-corrected chi connectivity index (χ1v) is 21.4. The van der Waals surface area contributed by atoms with Crippen LogP contribution in [0.4, 0.5) is 25.2 Å². The molecule has 5 rings (SSSR count). The van der Waals surface area contributed by atoms with Crippen molar-refractivity contribution in [3.63, 3.8) is 0 Å². The Labute approximate surface area is 304 Å². The van der Waals surface area contributed by atoms with Gasteiger partial charge in [-0.15, -0.1) is 0 Å². The van der Waals surface area contributed by atoms with E-state index in [9.17, 15) is 30.0 Å². The number of carbonyl (C=O) groups is 1. The van der Waals surface area contributed by atoms with E-state index in [4.69, 9.17) is 0 Å². The van der Waals surface area contributed by atoms with E-state index in [1.165, 1.54) is 140 Å². The zero-order valence-electron chi connectivity index (χ0n) is 29.7. The Kier molecular flexibility index (Phi) is 14.3. The minimum absolute atomic E-state index is 0.163. The number of hydrogen-bond acceptors (Lipinski definition) is 1. The maximum atomic E-state index is 13.0. The average molecular weight is 751 g/mol. The molecule has 5 aromatic rings. The van der Waals surface area contributed by atoms with Crippen molar-refractivity contribution in [2.45, 2.75) is 116 Å². The van der Waals surface area contributed by atoms with E-state index in [1.54, 1.807) is 0 Å². The molecule has 1 unspecified atom stereocenters. The van der Waals surface area contributed by atoms with Gasteiger partial charge < -0.3 is 0 Å². The summed E-state index contributed by atoms with van der Waals surface area (Å²) in [7, 11) is -10.7. The fraction of sp³-hybridized carbons (Fsp3) is 0.452. The third kappa shape index (κ3) is 13.9. The number of halogens is 6. The zero-order chi connectivity index (χ0) is 37.0. The molecule has 0 heterocycles. The summed E-state index contributed by atoms with van der Waals surface area (Å²) in [4.78, 5) is 13.0. The Bertz CT molecular complexity index is 1770. The number of benzene rings is 5. The van der Waals surface area contributed by atoms with Crippen LogP contribution in [0.25, 0.3) is 32.3 Å². The first-order valence-electron chi connectivity index (χ1n) is 18.7. The fourth-order valence-corrected chi connectivity index (χ4v) is 7.54. The van der Waals surface area contributed by atoms with Crippen LogP contribution in [0.3, 0.4) is 0 Å². The standard InChI is InChI=1S/C42H52OS.F6P/c1-2-3-4-5-6-7-8-9-10-11-12-13-14-15-16-22-37(38-23-17-18-24-39(38)40(43)31-44)36-29-34-27-25-32-20-19-21-33-26-28-35(30-36)42(34)41(32)33;1-7(2,3,4,5)6/h17-21,23-30,37,44H,2-16,22,31H2,1H3;/q;-1/p+1. The quantitative estimate of drug-likeness (QED) is 0.0193. The molecule has 9 heteroatoms. The molecule has 5 aromatic carbocycles. The Hall–Kier alpha value is -2.83. The maximum absolute atomic E-state index is 13.0. The van der Waals surface area contributed by atoms with E-state index >= 15 is 0 Å². The number of unbranched alkanes of at least 4 members (excludes halogenated alkanes) is 14. The second kappa shape index (κ2) is 17.8. The monoisotopic (exact) mass is 750 g/mol. The summed E-state index contributed by atoms with van der Waals surface area (Å²) in [5.74, 6) is 0.720. The van der Waals surface area contributed by atoms with E-state index in [0.717, 1.165) is 12.0 Å². The topological polar surface area (TPSA) is 17.1 Å². The molecule has 0 amide bonds. The third-order valence-corrected chi connectivity index (χ3v) is 10.1. The van der Waals surface area contributed by atoms with Crippen molar-refractivity contribution in [3.8, 4) is 0 Å². The van der Waals surface area contributed by atoms with E-state index in [-0.39, 0.29) is 11.7 Å². The van der Waals surface area contributed by atoms with Gasteiger partial charge in [0.15, 0.2) is 5.75 Å². The molecule has 1 atom stereocenters. The van der Waals surface area contributed by atoms with Crippen molar-refractivity contribution >= 4 is 58.5 Å². The number of carbonyl (C=O) groups excluding carboxylic acids is 1. The Balaban J connectivity index is 0.000000755. The van der Waals surface area contributed by atoms with E-state index in [2.05, 4.69) is 86.3 Å². The fourth-order valence-electron chi connectivity index (χ4n) is 7.35. The van der Waals surface area contributed by atoms with Crippen LogP contribution in [-0.2, 0) is 12.6 Å². The molecular formula is C42H53F6OPS. The van der Waals surface area contributed by atoms with Gasteiger partial charge in [0.25, 0.3) is 0 Å². The molecule has 0 N–H and O–H groups in total. The summed E-state index contributed by atoms with van der Waals surface area (Å²) in [6.07, 6.45) is 21.7. The van der Waals surface area contributed by atoms with Crippen molar-refractivity contribution in [2.75, 3.05) is 5.75 Å². The Morgan fingerprint density at radius 2 is 0.980 bits per heavy atom. The molecule has 0 aliphatic rings. The van der Waals surface area contributed by atoms with E-state index in [0.29, 0.717) is 5.75 Å². The van der Waals surface area contributed by atoms with Crippen molar-refractivity contribution in [1.29, 1.82) is 0 Å². The summed E-state index contributed by atoms with van der Waals surface area (Å²) in [6.45, 7) is 2.29. The predicted molar refractivity (Wildman–Crippen MR) is 211 cm³/mol. The first kappa shape index (κ1) is 40.9. The van der Waals surface area contributed by atoms with Gasteiger partial charge in [0.2, 0.25) is 5.78 Å². The zero-order valence-corrected chi connectivity index (χ0v) is 31.6. The summed E-state index contributed by atoms with van der Waals surface area (Å²) < 4.78 is 59.2. The normalized spacial score (nSPS) is 14.0. The van der Waals surface area contributed by atoms with Gasteiger partial charge in [0.1, 0.15) is 0 Å². The summed E-state index contributed by atoms with van der Waals surface area (Å²) in [6, 6.07) is 28.8.